The molecule has 0 aromatic carbocycles. The molecule has 2 atom stereocenters. The Balaban J connectivity index is 1.72. The summed E-state index contributed by atoms with van der Waals surface area (Å²) in [6.07, 6.45) is 6.83. The van der Waals surface area contributed by atoms with Gasteiger partial charge in [0.1, 0.15) is 0 Å². The topological polar surface area (TPSA) is 24.5 Å². The number of likely N-dealkylation sites (tertiary alicyclic amines) is 1. The molecule has 18 heavy (non-hydrogen) atoms. The number of rotatable bonds is 1. The fraction of sp³-hybridized carbons (Fsp3) is 1.00. The molecule has 0 amide bonds. The zero-order valence-corrected chi connectivity index (χ0v) is 12.0. The summed E-state index contributed by atoms with van der Waals surface area (Å²) in [5.74, 6) is 1.78. The van der Waals surface area contributed by atoms with Gasteiger partial charge in [0.05, 0.1) is 12.2 Å². The summed E-state index contributed by atoms with van der Waals surface area (Å²) in [7, 11) is 2.23. The molecule has 0 bridgehead atoms. The lowest BCUT2D eigenvalue weighted by Gasteiger charge is -2.47. The summed E-state index contributed by atoms with van der Waals surface area (Å²) in [5, 5.41) is 3.81. The molecule has 1 N–H and O–H groups in total. The molecule has 3 rings (SSSR count). The van der Waals surface area contributed by atoms with Gasteiger partial charge >= 0.3 is 0 Å². The van der Waals surface area contributed by atoms with Gasteiger partial charge in [0.15, 0.2) is 0 Å². The Bertz CT molecular complexity index is 284. The minimum absolute atomic E-state index is 0.123. The first-order valence-corrected chi connectivity index (χ1v) is 7.75. The van der Waals surface area contributed by atoms with Crippen LogP contribution in [0.15, 0.2) is 0 Å². The van der Waals surface area contributed by atoms with E-state index in [9.17, 15) is 0 Å². The number of hydrogen-bond donors (Lipinski definition) is 1. The third-order valence-corrected chi connectivity index (χ3v) is 5.41. The van der Waals surface area contributed by atoms with E-state index in [1.165, 1.54) is 38.6 Å². The third-order valence-electron chi connectivity index (χ3n) is 5.41. The van der Waals surface area contributed by atoms with Gasteiger partial charge in [-0.25, -0.2) is 0 Å². The highest BCUT2D eigenvalue weighted by atomic mass is 16.5. The van der Waals surface area contributed by atoms with E-state index in [4.69, 9.17) is 4.74 Å². The van der Waals surface area contributed by atoms with Crippen molar-refractivity contribution < 1.29 is 4.74 Å². The maximum atomic E-state index is 6.29. The van der Waals surface area contributed by atoms with Crippen LogP contribution in [0, 0.1) is 11.8 Å². The van der Waals surface area contributed by atoms with E-state index in [1.54, 1.807) is 0 Å². The van der Waals surface area contributed by atoms with Crippen LogP contribution in [0.3, 0.4) is 0 Å². The van der Waals surface area contributed by atoms with Crippen molar-refractivity contribution in [1.82, 2.24) is 10.2 Å². The molecule has 104 valence electrons. The molecule has 0 radical (unpaired) electrons. The molecule has 3 aliphatic rings. The van der Waals surface area contributed by atoms with E-state index >= 15 is 0 Å². The minimum atomic E-state index is 0.123. The summed E-state index contributed by atoms with van der Waals surface area (Å²) in [5.41, 5.74) is 0.123. The van der Waals surface area contributed by atoms with Crippen molar-refractivity contribution in [2.45, 2.75) is 50.7 Å². The molecule has 1 aliphatic carbocycles. The van der Waals surface area contributed by atoms with Crippen LogP contribution in [0.4, 0.5) is 0 Å². The molecular formula is C15H28N2O. The summed E-state index contributed by atoms with van der Waals surface area (Å²) < 4.78 is 6.29. The molecule has 0 aromatic heterocycles. The average Bonchev–Trinajstić information content (AvgIpc) is 2.73. The van der Waals surface area contributed by atoms with Gasteiger partial charge in [-0.3, -0.25) is 0 Å². The van der Waals surface area contributed by atoms with Crippen molar-refractivity contribution >= 4 is 0 Å². The van der Waals surface area contributed by atoms with Crippen molar-refractivity contribution in [1.29, 1.82) is 0 Å². The van der Waals surface area contributed by atoms with E-state index < -0.39 is 0 Å². The SMILES string of the molecule is CC1CCC(C2NCCOC23CCN(C)C3)CC1. The molecule has 3 fully saturated rings. The van der Waals surface area contributed by atoms with Crippen LogP contribution >= 0.6 is 0 Å². The molecule has 2 heterocycles. The minimum Gasteiger partial charge on any atom is -0.371 e. The van der Waals surface area contributed by atoms with Crippen LogP contribution in [0.5, 0.6) is 0 Å². The third kappa shape index (κ3) is 2.33. The van der Waals surface area contributed by atoms with Crippen LogP contribution < -0.4 is 5.32 Å². The van der Waals surface area contributed by atoms with E-state index in [1.807, 2.05) is 0 Å². The highest BCUT2D eigenvalue weighted by molar-refractivity contribution is 5.05. The van der Waals surface area contributed by atoms with Crippen LogP contribution in [-0.4, -0.2) is 49.8 Å². The van der Waals surface area contributed by atoms with Gasteiger partial charge in [-0.05, 0) is 38.1 Å². The lowest BCUT2D eigenvalue weighted by molar-refractivity contribution is -0.106. The predicted molar refractivity (Wildman–Crippen MR) is 73.7 cm³/mol. The first-order chi connectivity index (χ1) is 8.70. The fourth-order valence-corrected chi connectivity index (χ4v) is 4.33. The Kier molecular flexibility index (Phi) is 3.65. The first kappa shape index (κ1) is 12.9. The molecule has 1 saturated carbocycles. The zero-order chi connectivity index (χ0) is 12.6. The summed E-state index contributed by atoms with van der Waals surface area (Å²) in [4.78, 5) is 2.44. The zero-order valence-electron chi connectivity index (χ0n) is 12.0. The van der Waals surface area contributed by atoms with Crippen LogP contribution in [0.1, 0.15) is 39.0 Å². The van der Waals surface area contributed by atoms with Gasteiger partial charge in [0.25, 0.3) is 0 Å². The van der Waals surface area contributed by atoms with Crippen molar-refractivity contribution in [3.8, 4) is 0 Å². The maximum absolute atomic E-state index is 6.29. The molecule has 3 heteroatoms. The Morgan fingerprint density at radius 3 is 2.67 bits per heavy atom. The molecule has 3 nitrogen and oxygen atoms in total. The van der Waals surface area contributed by atoms with E-state index in [-0.39, 0.29) is 5.60 Å². The molecule has 1 spiro atoms. The lowest BCUT2D eigenvalue weighted by atomic mass is 9.73. The van der Waals surface area contributed by atoms with E-state index in [0.29, 0.717) is 6.04 Å². The molecular weight excluding hydrogens is 224 g/mol. The molecule has 0 aromatic rings. The van der Waals surface area contributed by atoms with Crippen molar-refractivity contribution in [2.24, 2.45) is 11.8 Å². The maximum Gasteiger partial charge on any atom is 0.0976 e. The number of likely N-dealkylation sites (N-methyl/N-ethyl adjacent to an activating group) is 1. The van der Waals surface area contributed by atoms with Crippen LogP contribution in [-0.2, 0) is 4.74 Å². The smallest absolute Gasteiger partial charge is 0.0976 e. The normalized spacial score (nSPS) is 46.7. The summed E-state index contributed by atoms with van der Waals surface area (Å²) in [6, 6.07) is 0.601. The summed E-state index contributed by atoms with van der Waals surface area (Å²) in [6.45, 7) is 6.66. The number of ether oxygens (including phenoxy) is 1. The predicted octanol–water partition coefficient (Wildman–Crippen LogP) is 1.88. The van der Waals surface area contributed by atoms with Crippen molar-refractivity contribution in [3.63, 3.8) is 0 Å². The highest BCUT2D eigenvalue weighted by Crippen LogP contribution is 2.39. The Labute approximate surface area is 111 Å². The number of nitrogens with zero attached hydrogens (tertiary/aromatic N) is 1. The number of hydrogen-bond acceptors (Lipinski definition) is 3. The van der Waals surface area contributed by atoms with Gasteiger partial charge in [-0.2, -0.15) is 0 Å². The van der Waals surface area contributed by atoms with Gasteiger partial charge in [0.2, 0.25) is 0 Å². The average molecular weight is 252 g/mol. The van der Waals surface area contributed by atoms with E-state index in [0.717, 1.165) is 31.5 Å². The van der Waals surface area contributed by atoms with Gasteiger partial charge in [-0.15, -0.1) is 0 Å². The second-order valence-electron chi connectivity index (χ2n) is 6.85. The second-order valence-corrected chi connectivity index (χ2v) is 6.85. The second kappa shape index (κ2) is 5.10. The summed E-state index contributed by atoms with van der Waals surface area (Å²) >= 11 is 0. The monoisotopic (exact) mass is 252 g/mol. The Morgan fingerprint density at radius 1 is 1.22 bits per heavy atom. The number of morpholine rings is 1. The largest absolute Gasteiger partial charge is 0.371 e. The Morgan fingerprint density at radius 2 is 2.00 bits per heavy atom. The van der Waals surface area contributed by atoms with E-state index in [2.05, 4.69) is 24.2 Å². The Hall–Kier alpha value is -0.120. The van der Waals surface area contributed by atoms with Gasteiger partial charge in [-0.1, -0.05) is 19.8 Å². The van der Waals surface area contributed by atoms with Crippen LogP contribution in [0.2, 0.25) is 0 Å². The molecule has 2 unspecified atom stereocenters. The lowest BCUT2D eigenvalue weighted by Crippen LogP contribution is -2.62. The highest BCUT2D eigenvalue weighted by Gasteiger charge is 2.49. The number of nitrogens with one attached hydrogen (secondary N) is 1. The molecule has 2 aliphatic heterocycles. The van der Waals surface area contributed by atoms with Gasteiger partial charge in [0, 0.05) is 25.7 Å². The quantitative estimate of drug-likeness (QED) is 0.771. The van der Waals surface area contributed by atoms with Crippen molar-refractivity contribution in [3.05, 3.63) is 0 Å². The first-order valence-electron chi connectivity index (χ1n) is 7.75. The van der Waals surface area contributed by atoms with Crippen molar-refractivity contribution in [2.75, 3.05) is 33.3 Å². The van der Waals surface area contributed by atoms with Crippen LogP contribution in [0.25, 0.3) is 0 Å². The fourth-order valence-electron chi connectivity index (χ4n) is 4.33. The van der Waals surface area contributed by atoms with Gasteiger partial charge < -0.3 is 15.0 Å². The standard InChI is InChI=1S/C15H28N2O/c1-12-3-5-13(6-4-12)14-15(18-10-8-16-14)7-9-17(2)11-15/h12-14,16H,3-11H2,1-2H3. The molecule has 2 saturated heterocycles.